The number of nitrogens with zero attached hydrogens (tertiary/aromatic N) is 2. The molecule has 2 N–H and O–H groups in total. The molecule has 0 aliphatic carbocycles. The summed E-state index contributed by atoms with van der Waals surface area (Å²) in [6.07, 6.45) is 1.50. The number of methoxy groups -OCH3 is 1. The van der Waals surface area contributed by atoms with Crippen molar-refractivity contribution in [3.05, 3.63) is 18.0 Å². The lowest BCUT2D eigenvalue weighted by molar-refractivity contribution is -0.144. The molecule has 0 aliphatic heterocycles. The monoisotopic (exact) mass is 197 g/mol. The summed E-state index contributed by atoms with van der Waals surface area (Å²) in [5.41, 5.74) is 5.13. The molecule has 76 valence electrons. The van der Waals surface area contributed by atoms with E-state index < -0.39 is 17.9 Å². The van der Waals surface area contributed by atoms with E-state index in [1.54, 1.807) is 6.92 Å². The van der Waals surface area contributed by atoms with Gasteiger partial charge in [-0.2, -0.15) is 5.10 Å². The van der Waals surface area contributed by atoms with E-state index in [0.29, 0.717) is 0 Å². The zero-order valence-corrected chi connectivity index (χ0v) is 7.93. The number of hydrogen-bond donors (Lipinski definition) is 1. The Hall–Kier alpha value is -1.85. The molecule has 6 heteroatoms. The fraction of sp³-hybridized carbons (Fsp3) is 0.375. The molecule has 0 unspecified atom stereocenters. The highest BCUT2D eigenvalue weighted by molar-refractivity contribution is 5.90. The topological polar surface area (TPSA) is 87.2 Å². The van der Waals surface area contributed by atoms with Crippen LogP contribution in [0.5, 0.6) is 0 Å². The first kappa shape index (κ1) is 10.2. The van der Waals surface area contributed by atoms with Crippen LogP contribution in [0.25, 0.3) is 0 Å². The summed E-state index contributed by atoms with van der Waals surface area (Å²) < 4.78 is 5.85. The first-order valence-corrected chi connectivity index (χ1v) is 3.99. The Morgan fingerprint density at radius 3 is 2.71 bits per heavy atom. The predicted octanol–water partition coefficient (Wildman–Crippen LogP) is -0.284. The first-order chi connectivity index (χ1) is 6.56. The lowest BCUT2D eigenvalue weighted by atomic mass is 10.3. The minimum atomic E-state index is -0.624. The van der Waals surface area contributed by atoms with Crippen molar-refractivity contribution in [1.82, 2.24) is 9.78 Å². The van der Waals surface area contributed by atoms with Crippen LogP contribution in [0.1, 0.15) is 23.5 Å². The maximum atomic E-state index is 11.1. The van der Waals surface area contributed by atoms with Crippen molar-refractivity contribution in [3.8, 4) is 0 Å². The Kier molecular flexibility index (Phi) is 2.85. The highest BCUT2D eigenvalue weighted by Crippen LogP contribution is 2.06. The fourth-order valence-electron chi connectivity index (χ4n) is 0.964. The molecule has 6 nitrogen and oxygen atoms in total. The largest absolute Gasteiger partial charge is 0.467 e. The van der Waals surface area contributed by atoms with Gasteiger partial charge >= 0.3 is 5.97 Å². The first-order valence-electron chi connectivity index (χ1n) is 3.99. The molecule has 1 amide bonds. The van der Waals surface area contributed by atoms with Gasteiger partial charge in [-0.3, -0.25) is 9.48 Å². The molecule has 1 heterocycles. The zero-order valence-electron chi connectivity index (χ0n) is 7.93. The molecule has 0 spiro atoms. The highest BCUT2D eigenvalue weighted by atomic mass is 16.5. The number of nitrogens with two attached hydrogens (primary N) is 1. The van der Waals surface area contributed by atoms with E-state index in [9.17, 15) is 9.59 Å². The van der Waals surface area contributed by atoms with Gasteiger partial charge in [-0.15, -0.1) is 0 Å². The van der Waals surface area contributed by atoms with Gasteiger partial charge in [0.15, 0.2) is 0 Å². The van der Waals surface area contributed by atoms with Crippen molar-refractivity contribution >= 4 is 11.9 Å². The van der Waals surface area contributed by atoms with E-state index >= 15 is 0 Å². The van der Waals surface area contributed by atoms with Crippen molar-refractivity contribution in [3.63, 3.8) is 0 Å². The SMILES string of the molecule is COC(=O)[C@@H](C)n1ccc(C(N)=O)n1. The Morgan fingerprint density at radius 2 is 2.29 bits per heavy atom. The third-order valence-corrected chi connectivity index (χ3v) is 1.80. The van der Waals surface area contributed by atoms with Gasteiger partial charge in [0.1, 0.15) is 11.7 Å². The molecule has 0 saturated heterocycles. The molecule has 0 saturated carbocycles. The van der Waals surface area contributed by atoms with Crippen LogP contribution in [-0.4, -0.2) is 28.8 Å². The van der Waals surface area contributed by atoms with Crippen molar-refractivity contribution in [2.45, 2.75) is 13.0 Å². The Balaban J connectivity index is 2.86. The Morgan fingerprint density at radius 1 is 1.64 bits per heavy atom. The normalized spacial score (nSPS) is 12.1. The average molecular weight is 197 g/mol. The second-order valence-electron chi connectivity index (χ2n) is 2.74. The van der Waals surface area contributed by atoms with Crippen molar-refractivity contribution < 1.29 is 14.3 Å². The highest BCUT2D eigenvalue weighted by Gasteiger charge is 2.16. The van der Waals surface area contributed by atoms with E-state index in [0.717, 1.165) is 0 Å². The third kappa shape index (κ3) is 1.90. The van der Waals surface area contributed by atoms with Gasteiger partial charge < -0.3 is 10.5 Å². The summed E-state index contributed by atoms with van der Waals surface area (Å²) in [5.74, 6) is -1.05. The van der Waals surface area contributed by atoms with Crippen molar-refractivity contribution in [1.29, 1.82) is 0 Å². The lowest BCUT2D eigenvalue weighted by Gasteiger charge is -2.08. The van der Waals surface area contributed by atoms with Gasteiger partial charge in [0.05, 0.1) is 7.11 Å². The molecule has 1 aromatic heterocycles. The second kappa shape index (κ2) is 3.91. The second-order valence-corrected chi connectivity index (χ2v) is 2.74. The van der Waals surface area contributed by atoms with Crippen LogP contribution in [0.4, 0.5) is 0 Å². The molecule has 0 bridgehead atoms. The lowest BCUT2D eigenvalue weighted by Crippen LogP contribution is -2.19. The minimum Gasteiger partial charge on any atom is -0.467 e. The molecule has 0 fully saturated rings. The molecule has 1 aromatic rings. The maximum absolute atomic E-state index is 11.1. The number of rotatable bonds is 3. The number of esters is 1. The minimum absolute atomic E-state index is 0.126. The van der Waals surface area contributed by atoms with Gasteiger partial charge in [0.2, 0.25) is 0 Å². The van der Waals surface area contributed by atoms with Gasteiger partial charge in [-0.1, -0.05) is 0 Å². The predicted molar refractivity (Wildman–Crippen MR) is 47.5 cm³/mol. The fourth-order valence-corrected chi connectivity index (χ4v) is 0.964. The van der Waals surface area contributed by atoms with Crippen LogP contribution in [0.2, 0.25) is 0 Å². The molecule has 1 atom stereocenters. The smallest absolute Gasteiger partial charge is 0.330 e. The number of aromatic nitrogens is 2. The standard InChI is InChI=1S/C8H11N3O3/c1-5(8(13)14-2)11-4-3-6(10-11)7(9)12/h3-5H,1-2H3,(H2,9,12)/t5-/m1/s1. The maximum Gasteiger partial charge on any atom is 0.330 e. The molecule has 0 aromatic carbocycles. The molecular weight excluding hydrogens is 186 g/mol. The molecule has 0 radical (unpaired) electrons. The number of hydrogen-bond acceptors (Lipinski definition) is 4. The number of amides is 1. The summed E-state index contributed by atoms with van der Waals surface area (Å²) in [4.78, 5) is 21.8. The van der Waals surface area contributed by atoms with E-state index in [1.807, 2.05) is 0 Å². The summed E-state index contributed by atoms with van der Waals surface area (Å²) in [5, 5.41) is 3.82. The van der Waals surface area contributed by atoms with Gasteiger partial charge in [-0.05, 0) is 13.0 Å². The van der Waals surface area contributed by atoms with Crippen molar-refractivity contribution in [2.75, 3.05) is 7.11 Å². The third-order valence-electron chi connectivity index (χ3n) is 1.80. The molecule has 0 aliphatic rings. The van der Waals surface area contributed by atoms with Crippen LogP contribution in [0, 0.1) is 0 Å². The van der Waals surface area contributed by atoms with E-state index in [1.165, 1.54) is 24.1 Å². The Labute approximate surface area is 80.6 Å². The number of ether oxygens (including phenoxy) is 1. The van der Waals surface area contributed by atoms with Crippen LogP contribution in [0.3, 0.4) is 0 Å². The van der Waals surface area contributed by atoms with Crippen molar-refractivity contribution in [2.24, 2.45) is 5.73 Å². The average Bonchev–Trinajstić information content (AvgIpc) is 2.64. The van der Waals surface area contributed by atoms with E-state index in [4.69, 9.17) is 5.73 Å². The quantitative estimate of drug-likeness (QED) is 0.675. The summed E-state index contributed by atoms with van der Waals surface area (Å²) >= 11 is 0. The van der Waals surface area contributed by atoms with Gasteiger partial charge in [0.25, 0.3) is 5.91 Å². The van der Waals surface area contributed by atoms with Gasteiger partial charge in [-0.25, -0.2) is 4.79 Å². The number of carbonyl (C=O) groups excluding carboxylic acids is 2. The number of carbonyl (C=O) groups is 2. The summed E-state index contributed by atoms with van der Waals surface area (Å²) in [6, 6.07) is 0.884. The van der Waals surface area contributed by atoms with E-state index in [2.05, 4.69) is 9.84 Å². The molecule has 14 heavy (non-hydrogen) atoms. The van der Waals surface area contributed by atoms with E-state index in [-0.39, 0.29) is 5.69 Å². The zero-order chi connectivity index (χ0) is 10.7. The number of primary amides is 1. The molecule has 1 rings (SSSR count). The van der Waals surface area contributed by atoms with Crippen LogP contribution >= 0.6 is 0 Å². The molecular formula is C8H11N3O3. The van der Waals surface area contributed by atoms with Gasteiger partial charge in [0, 0.05) is 6.20 Å². The van der Waals surface area contributed by atoms with Crippen LogP contribution in [0.15, 0.2) is 12.3 Å². The van der Waals surface area contributed by atoms with Crippen LogP contribution < -0.4 is 5.73 Å². The van der Waals surface area contributed by atoms with Crippen LogP contribution in [-0.2, 0) is 9.53 Å². The summed E-state index contributed by atoms with van der Waals surface area (Å²) in [6.45, 7) is 1.61. The Bertz CT molecular complexity index is 358. The summed E-state index contributed by atoms with van der Waals surface area (Å²) in [7, 11) is 1.29.